The fraction of sp³-hybridized carbons (Fsp3) is 0. The maximum atomic E-state index is 11.3. The summed E-state index contributed by atoms with van der Waals surface area (Å²) in [6.07, 6.45) is 1.26. The number of nitrogens with one attached hydrogen (secondary N) is 1. The van der Waals surface area contributed by atoms with E-state index >= 15 is 0 Å². The summed E-state index contributed by atoms with van der Waals surface area (Å²) < 4.78 is 11.3. The van der Waals surface area contributed by atoms with Crippen LogP contribution in [0.1, 0.15) is 0 Å². The van der Waals surface area contributed by atoms with Gasteiger partial charge in [-0.05, 0) is 12.1 Å². The van der Waals surface area contributed by atoms with Crippen LogP contribution in [0.5, 0.6) is 0 Å². The van der Waals surface area contributed by atoms with Gasteiger partial charge in [-0.3, -0.25) is 0 Å². The summed E-state index contributed by atoms with van der Waals surface area (Å²) in [4.78, 5) is 0. The lowest BCUT2D eigenvalue weighted by atomic mass is 10.3. The zero-order valence-corrected chi connectivity index (χ0v) is 5.26. The predicted molar refractivity (Wildman–Crippen MR) is 38.9 cm³/mol. The molecule has 1 aromatic rings. The van der Waals surface area contributed by atoms with Crippen LogP contribution in [0.3, 0.4) is 0 Å². The summed E-state index contributed by atoms with van der Waals surface area (Å²) in [7, 11) is 0. The van der Waals surface area contributed by atoms with E-state index in [1.54, 1.807) is 0 Å². The quantitative estimate of drug-likeness (QED) is 0.458. The number of para-hydroxylation sites is 1. The average Bonchev–Trinajstić information content (AvgIpc) is 2.03. The van der Waals surface area contributed by atoms with Crippen molar-refractivity contribution >= 4 is 5.69 Å². The highest BCUT2D eigenvalue weighted by Crippen LogP contribution is 2.02. The molecule has 0 amide bonds. The van der Waals surface area contributed by atoms with Crippen LogP contribution in [0.4, 0.5) is 10.1 Å². The molecule has 50 valence electrons. The van der Waals surface area contributed by atoms with Gasteiger partial charge in [0.1, 0.15) is 6.17 Å². The van der Waals surface area contributed by atoms with Gasteiger partial charge in [0, 0.05) is 11.7 Å². The molecule has 0 aliphatic heterocycles. The number of halogens is 1. The molecule has 0 aromatic heterocycles. The highest BCUT2D eigenvalue weighted by Gasteiger charge is 1.81. The minimum Gasteiger partial charge on any atom is -0.313 e. The van der Waals surface area contributed by atoms with E-state index in [0.717, 1.165) is 5.69 Å². The molecule has 0 saturated carbocycles. The van der Waals surface area contributed by atoms with E-state index in [1.807, 2.05) is 30.3 Å². The molecule has 0 saturated heterocycles. The van der Waals surface area contributed by atoms with Crippen molar-refractivity contribution in [2.75, 3.05) is 5.32 Å². The Labute approximate surface area is 58.9 Å². The molecular formula is C8H6FN. The van der Waals surface area contributed by atoms with Crippen molar-refractivity contribution in [2.24, 2.45) is 0 Å². The Balaban J connectivity index is 2.64. The SMILES string of the molecule is FC#CNc1ccccc1. The summed E-state index contributed by atoms with van der Waals surface area (Å²) in [6, 6.07) is 11.3. The summed E-state index contributed by atoms with van der Waals surface area (Å²) >= 11 is 0. The molecule has 1 aromatic carbocycles. The molecule has 0 radical (unpaired) electrons. The van der Waals surface area contributed by atoms with E-state index in [-0.39, 0.29) is 0 Å². The lowest BCUT2D eigenvalue weighted by Gasteiger charge is -1.93. The lowest BCUT2D eigenvalue weighted by molar-refractivity contribution is 0.773. The first kappa shape index (κ1) is 6.63. The summed E-state index contributed by atoms with van der Waals surface area (Å²) in [5.74, 6) is 0. The van der Waals surface area contributed by atoms with Gasteiger partial charge in [0.2, 0.25) is 0 Å². The van der Waals surface area contributed by atoms with Gasteiger partial charge in [0.05, 0.1) is 0 Å². The summed E-state index contributed by atoms with van der Waals surface area (Å²) in [6.45, 7) is 0. The molecule has 0 heterocycles. The Morgan fingerprint density at radius 1 is 1.20 bits per heavy atom. The van der Waals surface area contributed by atoms with E-state index in [1.165, 1.54) is 6.17 Å². The lowest BCUT2D eigenvalue weighted by Crippen LogP contribution is -1.84. The summed E-state index contributed by atoms with van der Waals surface area (Å²) in [5.41, 5.74) is 0.799. The Bertz CT molecular complexity index is 245. The molecule has 0 aliphatic carbocycles. The molecule has 0 bridgehead atoms. The highest BCUT2D eigenvalue weighted by atomic mass is 19.1. The van der Waals surface area contributed by atoms with Gasteiger partial charge in [-0.25, -0.2) is 0 Å². The normalized spacial score (nSPS) is 7.70. The fourth-order valence-electron chi connectivity index (χ4n) is 0.617. The zero-order chi connectivity index (χ0) is 7.23. The van der Waals surface area contributed by atoms with Crippen molar-refractivity contribution in [2.45, 2.75) is 0 Å². The van der Waals surface area contributed by atoms with Crippen LogP contribution in [0.25, 0.3) is 0 Å². The maximum Gasteiger partial charge on any atom is 0.128 e. The molecule has 0 aliphatic rings. The molecule has 1 rings (SSSR count). The average molecular weight is 135 g/mol. The van der Waals surface area contributed by atoms with Crippen molar-refractivity contribution < 1.29 is 4.39 Å². The van der Waals surface area contributed by atoms with Gasteiger partial charge in [-0.15, -0.1) is 4.39 Å². The first-order valence-corrected chi connectivity index (χ1v) is 2.85. The van der Waals surface area contributed by atoms with Gasteiger partial charge >= 0.3 is 0 Å². The minimum atomic E-state index is 0.799. The monoisotopic (exact) mass is 135 g/mol. The molecule has 1 nitrogen and oxygen atoms in total. The van der Waals surface area contributed by atoms with Crippen LogP contribution in [0, 0.1) is 12.2 Å². The van der Waals surface area contributed by atoms with E-state index in [9.17, 15) is 4.39 Å². The van der Waals surface area contributed by atoms with Gasteiger partial charge in [-0.1, -0.05) is 18.2 Å². The summed E-state index contributed by atoms with van der Waals surface area (Å²) in [5, 5.41) is 2.56. The Kier molecular flexibility index (Phi) is 2.33. The second-order valence-electron chi connectivity index (χ2n) is 1.71. The Morgan fingerprint density at radius 3 is 2.50 bits per heavy atom. The number of hydrogen-bond donors (Lipinski definition) is 1. The van der Waals surface area contributed by atoms with Gasteiger partial charge in [0.25, 0.3) is 0 Å². The van der Waals surface area contributed by atoms with Crippen LogP contribution in [-0.2, 0) is 0 Å². The standard InChI is InChI=1S/C8H6FN/c9-6-7-10-8-4-2-1-3-5-8/h1-5,10H. The van der Waals surface area contributed by atoms with Gasteiger partial charge in [-0.2, -0.15) is 0 Å². The number of hydrogen-bond acceptors (Lipinski definition) is 1. The smallest absolute Gasteiger partial charge is 0.128 e. The largest absolute Gasteiger partial charge is 0.313 e. The van der Waals surface area contributed by atoms with E-state index in [4.69, 9.17) is 0 Å². The maximum absolute atomic E-state index is 11.3. The topological polar surface area (TPSA) is 12.0 Å². The van der Waals surface area contributed by atoms with Crippen molar-refractivity contribution in [3.05, 3.63) is 30.3 Å². The fourth-order valence-corrected chi connectivity index (χ4v) is 0.617. The van der Waals surface area contributed by atoms with Gasteiger partial charge in [0.15, 0.2) is 0 Å². The minimum absolute atomic E-state index is 0.799. The Morgan fingerprint density at radius 2 is 1.90 bits per heavy atom. The number of benzene rings is 1. The van der Waals surface area contributed by atoms with E-state index in [2.05, 4.69) is 11.4 Å². The Hall–Kier alpha value is -1.49. The molecule has 1 N–H and O–H groups in total. The van der Waals surface area contributed by atoms with Crippen molar-refractivity contribution in [1.29, 1.82) is 0 Å². The third kappa shape index (κ3) is 1.79. The third-order valence-corrected chi connectivity index (χ3v) is 1.03. The molecule has 0 atom stereocenters. The predicted octanol–water partition coefficient (Wildman–Crippen LogP) is 1.99. The van der Waals surface area contributed by atoms with Crippen molar-refractivity contribution in [3.63, 3.8) is 0 Å². The van der Waals surface area contributed by atoms with Gasteiger partial charge < -0.3 is 5.32 Å². The molecule has 0 unspecified atom stereocenters. The first-order valence-electron chi connectivity index (χ1n) is 2.85. The molecule has 10 heavy (non-hydrogen) atoms. The number of anilines is 1. The van der Waals surface area contributed by atoms with Crippen LogP contribution >= 0.6 is 0 Å². The molecule has 0 fully saturated rings. The first-order chi connectivity index (χ1) is 4.93. The van der Waals surface area contributed by atoms with Crippen LogP contribution < -0.4 is 5.32 Å². The van der Waals surface area contributed by atoms with Crippen LogP contribution in [0.2, 0.25) is 0 Å². The molecular weight excluding hydrogens is 129 g/mol. The third-order valence-electron chi connectivity index (χ3n) is 1.03. The van der Waals surface area contributed by atoms with Crippen molar-refractivity contribution in [1.82, 2.24) is 0 Å². The van der Waals surface area contributed by atoms with Crippen LogP contribution in [0.15, 0.2) is 30.3 Å². The molecule has 0 spiro atoms. The van der Waals surface area contributed by atoms with E-state index in [0.29, 0.717) is 0 Å². The zero-order valence-electron chi connectivity index (χ0n) is 5.26. The van der Waals surface area contributed by atoms with Crippen molar-refractivity contribution in [3.8, 4) is 12.2 Å². The molecule has 2 heteroatoms. The van der Waals surface area contributed by atoms with E-state index < -0.39 is 0 Å². The number of rotatable bonds is 1. The second kappa shape index (κ2) is 3.52. The highest BCUT2D eigenvalue weighted by molar-refractivity contribution is 5.46. The van der Waals surface area contributed by atoms with Crippen LogP contribution in [-0.4, -0.2) is 0 Å². The second-order valence-corrected chi connectivity index (χ2v) is 1.71.